The smallest absolute Gasteiger partial charge is 0.108 e. The predicted octanol–water partition coefficient (Wildman–Crippen LogP) is 3.43. The number of likely N-dealkylation sites (N-methyl/N-ethyl adjacent to an activating group) is 2. The molecule has 0 radical (unpaired) electrons. The molecule has 0 bridgehead atoms. The summed E-state index contributed by atoms with van der Waals surface area (Å²) in [7, 11) is 8.79. The number of hydrogen-bond acceptors (Lipinski definition) is 2. The van der Waals surface area contributed by atoms with Crippen LogP contribution in [0, 0.1) is 0 Å². The largest absolute Gasteiger partial charge is 0.363 e. The quantitative estimate of drug-likeness (QED) is 0.654. The molecule has 130 valence electrons. The Kier molecular flexibility index (Phi) is 6.98. The van der Waals surface area contributed by atoms with Crippen LogP contribution < -0.4 is 0 Å². The van der Waals surface area contributed by atoms with Gasteiger partial charge in [0.05, 0.1) is 27.2 Å². The highest BCUT2D eigenvalue weighted by Gasteiger charge is 2.18. The van der Waals surface area contributed by atoms with Crippen LogP contribution >= 0.6 is 0 Å². The van der Waals surface area contributed by atoms with Crippen LogP contribution in [-0.2, 0) is 4.74 Å². The minimum Gasteiger partial charge on any atom is -0.363 e. The predicted molar refractivity (Wildman–Crippen MR) is 101 cm³/mol. The molecule has 0 spiro atoms. The van der Waals surface area contributed by atoms with Gasteiger partial charge in [-0.3, -0.25) is 0 Å². The fourth-order valence-electron chi connectivity index (χ4n) is 2.64. The van der Waals surface area contributed by atoms with E-state index in [0.29, 0.717) is 0 Å². The van der Waals surface area contributed by atoms with Crippen molar-refractivity contribution < 1.29 is 9.22 Å². The van der Waals surface area contributed by atoms with Crippen LogP contribution in [0.3, 0.4) is 0 Å². The lowest BCUT2D eigenvalue weighted by atomic mass is 10.0. The van der Waals surface area contributed by atoms with Crippen LogP contribution in [0.15, 0.2) is 60.7 Å². The molecule has 0 aliphatic carbocycles. The van der Waals surface area contributed by atoms with E-state index in [4.69, 9.17) is 4.74 Å². The summed E-state index contributed by atoms with van der Waals surface area (Å²) in [5.41, 5.74) is 2.42. The maximum absolute atomic E-state index is 6.33. The number of quaternary nitrogens is 1. The summed E-state index contributed by atoms with van der Waals surface area (Å²) in [6, 6.07) is 21.0. The van der Waals surface area contributed by atoms with Crippen molar-refractivity contribution in [3.8, 4) is 0 Å². The van der Waals surface area contributed by atoms with E-state index < -0.39 is 0 Å². The van der Waals surface area contributed by atoms with Gasteiger partial charge >= 0.3 is 0 Å². The molecule has 0 fully saturated rings. The van der Waals surface area contributed by atoms with Gasteiger partial charge in [-0.05, 0) is 25.2 Å². The van der Waals surface area contributed by atoms with Crippen molar-refractivity contribution in [3.05, 3.63) is 71.8 Å². The first-order valence-corrected chi connectivity index (χ1v) is 8.66. The second-order valence-electron chi connectivity index (χ2n) is 7.26. The summed E-state index contributed by atoms with van der Waals surface area (Å²) < 4.78 is 7.29. The minimum absolute atomic E-state index is 0.00116. The van der Waals surface area contributed by atoms with E-state index in [9.17, 15) is 0 Å². The molecule has 24 heavy (non-hydrogen) atoms. The molecule has 0 N–H and O–H groups in total. The maximum atomic E-state index is 6.33. The molecule has 0 amide bonds. The van der Waals surface area contributed by atoms with Crippen LogP contribution in [0.25, 0.3) is 0 Å². The Morgan fingerprint density at radius 2 is 1.33 bits per heavy atom. The normalized spacial score (nSPS) is 12.1. The summed E-state index contributed by atoms with van der Waals surface area (Å²) in [4.78, 5) is 2.23. The van der Waals surface area contributed by atoms with E-state index in [-0.39, 0.29) is 6.10 Å². The first-order chi connectivity index (χ1) is 11.5. The maximum Gasteiger partial charge on any atom is 0.108 e. The van der Waals surface area contributed by atoms with Gasteiger partial charge in [0.1, 0.15) is 12.6 Å². The van der Waals surface area contributed by atoms with Gasteiger partial charge in [-0.25, -0.2) is 0 Å². The number of rotatable bonds is 9. The number of nitrogens with zero attached hydrogens (tertiary/aromatic N) is 2. The summed E-state index contributed by atoms with van der Waals surface area (Å²) >= 11 is 0. The zero-order valence-electron chi connectivity index (χ0n) is 15.5. The van der Waals surface area contributed by atoms with Crippen LogP contribution in [0.4, 0.5) is 0 Å². The second-order valence-corrected chi connectivity index (χ2v) is 7.26. The molecule has 2 aromatic rings. The molecular formula is C21H31N2O+. The van der Waals surface area contributed by atoms with Gasteiger partial charge in [-0.2, -0.15) is 0 Å². The molecule has 0 aliphatic heterocycles. The highest BCUT2D eigenvalue weighted by atomic mass is 16.5. The summed E-state index contributed by atoms with van der Waals surface area (Å²) in [5.74, 6) is 0. The van der Waals surface area contributed by atoms with Crippen molar-refractivity contribution in [2.75, 3.05) is 54.4 Å². The molecule has 0 atom stereocenters. The average molecular weight is 327 g/mol. The van der Waals surface area contributed by atoms with Gasteiger partial charge in [-0.15, -0.1) is 0 Å². The Morgan fingerprint density at radius 3 is 1.79 bits per heavy atom. The Bertz CT molecular complexity index is 542. The van der Waals surface area contributed by atoms with Crippen LogP contribution in [-0.4, -0.2) is 63.8 Å². The summed E-state index contributed by atoms with van der Waals surface area (Å²) in [6.45, 7) is 3.96. The van der Waals surface area contributed by atoms with Crippen LogP contribution in [0.1, 0.15) is 17.2 Å². The fraction of sp³-hybridized carbons (Fsp3) is 0.429. The van der Waals surface area contributed by atoms with Crippen LogP contribution in [0.2, 0.25) is 0 Å². The average Bonchev–Trinajstić information content (AvgIpc) is 2.59. The van der Waals surface area contributed by atoms with Crippen molar-refractivity contribution in [2.24, 2.45) is 0 Å². The standard InChI is InChI=1S/C21H31N2O/c1-22(2)15-16-23(3,4)17-18-24-21(19-11-7-5-8-12-19)20-13-9-6-10-14-20/h5-14,21H,15-18H2,1-4H3/q+1. The highest BCUT2D eigenvalue weighted by Crippen LogP contribution is 2.25. The molecule has 0 saturated carbocycles. The molecule has 0 unspecified atom stereocenters. The zero-order chi connectivity index (χ0) is 17.4. The van der Waals surface area contributed by atoms with Gasteiger partial charge < -0.3 is 14.1 Å². The van der Waals surface area contributed by atoms with Crippen LogP contribution in [0.5, 0.6) is 0 Å². The molecule has 0 heterocycles. The van der Waals surface area contributed by atoms with E-state index in [0.717, 1.165) is 30.7 Å². The summed E-state index contributed by atoms with van der Waals surface area (Å²) in [5, 5.41) is 0. The van der Waals surface area contributed by atoms with Gasteiger partial charge in [-0.1, -0.05) is 60.7 Å². The Balaban J connectivity index is 2.00. The molecule has 0 aliphatic rings. The molecule has 3 heteroatoms. The first kappa shape index (κ1) is 18.7. The monoisotopic (exact) mass is 327 g/mol. The molecule has 0 saturated heterocycles. The molecule has 0 aromatic heterocycles. The van der Waals surface area contributed by atoms with Gasteiger partial charge in [0.2, 0.25) is 0 Å². The second kappa shape index (κ2) is 8.97. The Hall–Kier alpha value is -1.68. The van der Waals surface area contributed by atoms with E-state index in [2.05, 4.69) is 81.6 Å². The molecule has 2 aromatic carbocycles. The molecule has 2 rings (SSSR count). The SMILES string of the molecule is CN(C)CC[N+](C)(C)CCOC(c1ccccc1)c1ccccc1. The third-order valence-electron chi connectivity index (χ3n) is 4.34. The lowest BCUT2D eigenvalue weighted by Gasteiger charge is -2.31. The Labute approximate surface area is 147 Å². The van der Waals surface area contributed by atoms with Crippen molar-refractivity contribution in [1.29, 1.82) is 0 Å². The number of hydrogen-bond donors (Lipinski definition) is 0. The van der Waals surface area contributed by atoms with Gasteiger partial charge in [0, 0.05) is 6.54 Å². The van der Waals surface area contributed by atoms with Gasteiger partial charge in [0.15, 0.2) is 0 Å². The van der Waals surface area contributed by atoms with Crippen molar-refractivity contribution in [2.45, 2.75) is 6.10 Å². The Morgan fingerprint density at radius 1 is 0.833 bits per heavy atom. The first-order valence-electron chi connectivity index (χ1n) is 8.66. The highest BCUT2D eigenvalue weighted by molar-refractivity contribution is 5.29. The lowest BCUT2D eigenvalue weighted by molar-refractivity contribution is -0.890. The minimum atomic E-state index is 0.00116. The van der Waals surface area contributed by atoms with Crippen molar-refractivity contribution in [1.82, 2.24) is 4.90 Å². The van der Waals surface area contributed by atoms with E-state index >= 15 is 0 Å². The lowest BCUT2D eigenvalue weighted by Crippen LogP contribution is -2.46. The van der Waals surface area contributed by atoms with Crippen molar-refractivity contribution in [3.63, 3.8) is 0 Å². The molecular weight excluding hydrogens is 296 g/mol. The third kappa shape index (κ3) is 6.08. The molecule has 3 nitrogen and oxygen atoms in total. The van der Waals surface area contributed by atoms with E-state index in [1.165, 1.54) is 11.1 Å². The van der Waals surface area contributed by atoms with E-state index in [1.54, 1.807) is 0 Å². The van der Waals surface area contributed by atoms with E-state index in [1.807, 2.05) is 12.1 Å². The van der Waals surface area contributed by atoms with Gasteiger partial charge in [0.25, 0.3) is 0 Å². The zero-order valence-corrected chi connectivity index (χ0v) is 15.5. The third-order valence-corrected chi connectivity index (χ3v) is 4.34. The number of benzene rings is 2. The number of ether oxygens (including phenoxy) is 1. The van der Waals surface area contributed by atoms with Crippen molar-refractivity contribution >= 4 is 0 Å². The topological polar surface area (TPSA) is 12.5 Å². The summed E-state index contributed by atoms with van der Waals surface area (Å²) in [6.07, 6.45) is 0.00116. The fourth-order valence-corrected chi connectivity index (χ4v) is 2.64.